The zero-order valence-electron chi connectivity index (χ0n) is 26.4. The highest BCUT2D eigenvalue weighted by molar-refractivity contribution is 6.30. The number of hydrogen-bond donors (Lipinski definition) is 5. The van der Waals surface area contributed by atoms with Crippen LogP contribution in [0.1, 0.15) is 73.8 Å². The zero-order valence-corrected chi connectivity index (χ0v) is 27.2. The van der Waals surface area contributed by atoms with Crippen molar-refractivity contribution in [2.75, 3.05) is 31.4 Å². The topological polar surface area (TPSA) is 141 Å². The highest BCUT2D eigenvalue weighted by Gasteiger charge is 2.19. The second kappa shape index (κ2) is 20.5. The van der Waals surface area contributed by atoms with Crippen LogP contribution in [0, 0.1) is 0 Å². The number of aliphatic hydroxyl groups excluding tert-OH is 2. The number of aromatic hydroxyl groups is 1. The molecule has 1 atom stereocenters. The number of anilines is 1. The summed E-state index contributed by atoms with van der Waals surface area (Å²) in [6.07, 6.45) is 6.37. The van der Waals surface area contributed by atoms with Crippen molar-refractivity contribution in [3.63, 3.8) is 0 Å². The SMILES string of the molecule is CC(=O)ON(C(=O)NCc1cccc(CCCCOCCCCCCNC[C@@H](O)c2ccc(O)c(CO)c2)c1)c1cccc(Cl)c1. The first-order valence-electron chi connectivity index (χ1n) is 15.8. The second-order valence-electron chi connectivity index (χ2n) is 11.1. The van der Waals surface area contributed by atoms with Crippen molar-refractivity contribution >= 4 is 29.3 Å². The van der Waals surface area contributed by atoms with E-state index in [0.29, 0.717) is 28.4 Å². The summed E-state index contributed by atoms with van der Waals surface area (Å²) in [5.41, 5.74) is 3.55. The summed E-state index contributed by atoms with van der Waals surface area (Å²) in [5.74, 6) is -0.590. The van der Waals surface area contributed by atoms with E-state index in [1.807, 2.05) is 12.1 Å². The summed E-state index contributed by atoms with van der Waals surface area (Å²) in [7, 11) is 0. The minimum Gasteiger partial charge on any atom is -0.508 e. The molecule has 10 nitrogen and oxygen atoms in total. The van der Waals surface area contributed by atoms with Crippen molar-refractivity contribution in [1.82, 2.24) is 10.6 Å². The van der Waals surface area contributed by atoms with Gasteiger partial charge in [0.05, 0.1) is 18.4 Å². The van der Waals surface area contributed by atoms with Crippen molar-refractivity contribution < 1.29 is 34.5 Å². The van der Waals surface area contributed by atoms with E-state index in [1.54, 1.807) is 36.4 Å². The Bertz CT molecular complexity index is 1370. The summed E-state index contributed by atoms with van der Waals surface area (Å²) in [4.78, 5) is 29.5. The standard InChI is InChI=1S/C35H46ClN3O7/c1-26(41)46-39(32-14-9-13-31(36)22-32)35(44)38-23-28-12-8-11-27(20-28)10-4-7-19-45-18-6-3-2-5-17-37-24-34(43)29-15-16-33(42)30(21-29)25-40/h8-9,11-16,20-22,34,37,40,42-43H,2-7,10,17-19,23-25H2,1H3,(H,38,44)/t34-/m1/s1. The average Bonchev–Trinajstić information content (AvgIpc) is 3.04. The number of halogens is 1. The average molecular weight is 656 g/mol. The van der Waals surface area contributed by atoms with E-state index in [2.05, 4.69) is 22.8 Å². The molecule has 3 aromatic rings. The van der Waals surface area contributed by atoms with Gasteiger partial charge in [0.1, 0.15) is 5.75 Å². The molecule has 46 heavy (non-hydrogen) atoms. The third-order valence-corrected chi connectivity index (χ3v) is 7.51. The first-order valence-corrected chi connectivity index (χ1v) is 16.1. The van der Waals surface area contributed by atoms with Crippen LogP contribution in [0.15, 0.2) is 66.7 Å². The summed E-state index contributed by atoms with van der Waals surface area (Å²) in [5, 5.41) is 36.6. The molecule has 0 aliphatic heterocycles. The fourth-order valence-electron chi connectivity index (χ4n) is 4.83. The second-order valence-corrected chi connectivity index (χ2v) is 11.5. The Morgan fingerprint density at radius 2 is 1.65 bits per heavy atom. The molecule has 2 amide bonds. The van der Waals surface area contributed by atoms with Gasteiger partial charge in [-0.3, -0.25) is 0 Å². The number of aliphatic hydroxyl groups is 2. The van der Waals surface area contributed by atoms with Gasteiger partial charge in [0.15, 0.2) is 0 Å². The van der Waals surface area contributed by atoms with Gasteiger partial charge in [-0.15, -0.1) is 5.06 Å². The molecule has 5 N–H and O–H groups in total. The van der Waals surface area contributed by atoms with Crippen LogP contribution in [0.5, 0.6) is 5.75 Å². The maximum atomic E-state index is 12.8. The lowest BCUT2D eigenvalue weighted by molar-refractivity contribution is -0.141. The molecule has 0 aliphatic carbocycles. The number of nitrogens with one attached hydrogen (secondary N) is 2. The lowest BCUT2D eigenvalue weighted by Crippen LogP contribution is -2.40. The van der Waals surface area contributed by atoms with Crippen molar-refractivity contribution in [2.24, 2.45) is 0 Å². The largest absolute Gasteiger partial charge is 0.508 e. The molecule has 0 saturated carbocycles. The van der Waals surface area contributed by atoms with Gasteiger partial charge in [0, 0.05) is 43.8 Å². The van der Waals surface area contributed by atoms with Gasteiger partial charge in [-0.05, 0) is 85.7 Å². The maximum absolute atomic E-state index is 12.8. The van der Waals surface area contributed by atoms with E-state index in [4.69, 9.17) is 21.2 Å². The van der Waals surface area contributed by atoms with Gasteiger partial charge in [-0.25, -0.2) is 9.59 Å². The Labute approximate surface area is 276 Å². The minimum atomic E-state index is -0.691. The smallest absolute Gasteiger partial charge is 0.355 e. The van der Waals surface area contributed by atoms with Crippen LogP contribution in [0.25, 0.3) is 0 Å². The van der Waals surface area contributed by atoms with Crippen molar-refractivity contribution in [2.45, 2.75) is 71.1 Å². The first-order chi connectivity index (χ1) is 22.3. The van der Waals surface area contributed by atoms with Crippen molar-refractivity contribution in [3.8, 4) is 5.75 Å². The van der Waals surface area contributed by atoms with E-state index in [1.165, 1.54) is 18.6 Å². The van der Waals surface area contributed by atoms with Gasteiger partial charge in [-0.2, -0.15) is 0 Å². The molecule has 250 valence electrons. The Hall–Kier alpha value is -3.67. The number of carbonyl (C=O) groups is 2. The number of unbranched alkanes of at least 4 members (excludes halogenated alkanes) is 4. The molecule has 0 aliphatic rings. The molecule has 3 aromatic carbocycles. The molecule has 3 rings (SSSR count). The van der Waals surface area contributed by atoms with Crippen LogP contribution in [-0.4, -0.2) is 53.6 Å². The summed E-state index contributed by atoms with van der Waals surface area (Å²) in [6, 6.07) is 18.8. The number of benzene rings is 3. The van der Waals surface area contributed by atoms with Crippen LogP contribution in [0.2, 0.25) is 5.02 Å². The van der Waals surface area contributed by atoms with Crippen LogP contribution >= 0.6 is 11.6 Å². The minimum absolute atomic E-state index is 0.0292. The third kappa shape index (κ3) is 13.4. The molecule has 0 heterocycles. The number of ether oxygens (including phenoxy) is 1. The normalized spacial score (nSPS) is 11.7. The number of aryl methyl sites for hydroxylation is 1. The number of amides is 2. The zero-order chi connectivity index (χ0) is 33.1. The molecular formula is C35H46ClN3O7. The predicted octanol–water partition coefficient (Wildman–Crippen LogP) is 5.96. The maximum Gasteiger partial charge on any atom is 0.355 e. The third-order valence-electron chi connectivity index (χ3n) is 7.27. The number of rotatable bonds is 19. The Morgan fingerprint density at radius 3 is 2.41 bits per heavy atom. The molecule has 0 fully saturated rings. The predicted molar refractivity (Wildman–Crippen MR) is 178 cm³/mol. The van der Waals surface area contributed by atoms with E-state index in [0.717, 1.165) is 75.3 Å². The van der Waals surface area contributed by atoms with Crippen molar-refractivity contribution in [1.29, 1.82) is 0 Å². The van der Waals surface area contributed by atoms with Crippen molar-refractivity contribution in [3.05, 3.63) is 94.0 Å². The summed E-state index contributed by atoms with van der Waals surface area (Å²) < 4.78 is 5.81. The lowest BCUT2D eigenvalue weighted by Gasteiger charge is -2.21. The molecule has 0 aromatic heterocycles. The van der Waals surface area contributed by atoms with E-state index in [-0.39, 0.29) is 18.9 Å². The van der Waals surface area contributed by atoms with Crippen LogP contribution < -0.4 is 15.7 Å². The molecule has 11 heteroatoms. The van der Waals surface area contributed by atoms with E-state index in [9.17, 15) is 24.9 Å². The quantitative estimate of drug-likeness (QED) is 0.0788. The van der Waals surface area contributed by atoms with E-state index < -0.39 is 18.1 Å². The van der Waals surface area contributed by atoms with Gasteiger partial charge in [0.25, 0.3) is 0 Å². The lowest BCUT2D eigenvalue weighted by atomic mass is 10.1. The molecular weight excluding hydrogens is 610 g/mol. The number of phenols is 1. The molecule has 0 bridgehead atoms. The van der Waals surface area contributed by atoms with Crippen LogP contribution in [-0.2, 0) is 33.9 Å². The first kappa shape index (κ1) is 36.8. The molecule has 0 spiro atoms. The molecule has 0 saturated heterocycles. The van der Waals surface area contributed by atoms with Crippen LogP contribution in [0.4, 0.5) is 10.5 Å². The number of hydroxylamine groups is 1. The number of hydrogen-bond acceptors (Lipinski definition) is 8. The van der Waals surface area contributed by atoms with Crippen LogP contribution in [0.3, 0.4) is 0 Å². The van der Waals surface area contributed by atoms with E-state index >= 15 is 0 Å². The summed E-state index contributed by atoms with van der Waals surface area (Å²) >= 11 is 6.04. The Morgan fingerprint density at radius 1 is 0.913 bits per heavy atom. The number of urea groups is 1. The fourth-order valence-corrected chi connectivity index (χ4v) is 5.01. The number of nitrogens with zero attached hydrogens (tertiary/aromatic N) is 1. The molecule has 0 unspecified atom stereocenters. The highest BCUT2D eigenvalue weighted by atomic mass is 35.5. The highest BCUT2D eigenvalue weighted by Crippen LogP contribution is 2.23. The van der Waals surface area contributed by atoms with Gasteiger partial charge < -0.3 is 35.5 Å². The van der Waals surface area contributed by atoms with Gasteiger partial charge in [-0.1, -0.05) is 60.8 Å². The fraction of sp³-hybridized carbons (Fsp3) is 0.429. The number of carbonyl (C=O) groups excluding carboxylic acids is 2. The Kier molecular flexibility index (Phi) is 16.4. The monoisotopic (exact) mass is 655 g/mol. The molecule has 0 radical (unpaired) electrons. The summed E-state index contributed by atoms with van der Waals surface area (Å²) in [6.45, 7) is 3.94. The van der Waals surface area contributed by atoms with Gasteiger partial charge in [0.2, 0.25) is 0 Å². The Balaban J connectivity index is 1.22. The van der Waals surface area contributed by atoms with Gasteiger partial charge >= 0.3 is 12.0 Å².